The summed E-state index contributed by atoms with van der Waals surface area (Å²) >= 11 is 6.08. The van der Waals surface area contributed by atoms with E-state index in [9.17, 15) is 4.39 Å². The minimum absolute atomic E-state index is 0.0124. The molecule has 0 heterocycles. The van der Waals surface area contributed by atoms with E-state index in [1.807, 2.05) is 25.1 Å². The molecule has 0 aliphatic heterocycles. The van der Waals surface area contributed by atoms with E-state index in [0.717, 1.165) is 34.7 Å². The molecule has 20 heavy (non-hydrogen) atoms. The van der Waals surface area contributed by atoms with Crippen molar-refractivity contribution < 1.29 is 4.39 Å². The third-order valence-electron chi connectivity index (χ3n) is 3.30. The molecular weight excluding hydrogens is 273 g/mol. The molecule has 2 aromatic rings. The summed E-state index contributed by atoms with van der Waals surface area (Å²) in [6, 6.07) is 12.7. The van der Waals surface area contributed by atoms with E-state index < -0.39 is 0 Å². The highest BCUT2D eigenvalue weighted by Gasteiger charge is 2.14. The van der Waals surface area contributed by atoms with Gasteiger partial charge in [-0.3, -0.25) is 0 Å². The number of benzene rings is 2. The first-order chi connectivity index (χ1) is 9.61. The molecule has 106 valence electrons. The largest absolute Gasteiger partial charge is 0.306 e. The van der Waals surface area contributed by atoms with Gasteiger partial charge < -0.3 is 5.32 Å². The summed E-state index contributed by atoms with van der Waals surface area (Å²) in [4.78, 5) is 0. The molecule has 1 N–H and O–H groups in total. The van der Waals surface area contributed by atoms with E-state index in [0.29, 0.717) is 0 Å². The Bertz CT molecular complexity index is 583. The standard InChI is InChI=1S/C17H19ClFN/c1-3-9-20-17(13-5-4-6-15(19)11-13)14-7-8-16(18)12(2)10-14/h4-8,10-11,17,20H,3,9H2,1-2H3. The quantitative estimate of drug-likeness (QED) is 0.828. The third kappa shape index (κ3) is 3.59. The van der Waals surface area contributed by atoms with Crippen LogP contribution in [0.4, 0.5) is 4.39 Å². The molecule has 0 aliphatic carbocycles. The molecule has 0 aliphatic rings. The van der Waals surface area contributed by atoms with E-state index in [2.05, 4.69) is 18.3 Å². The molecule has 0 spiro atoms. The maximum absolute atomic E-state index is 13.5. The molecule has 3 heteroatoms. The maximum Gasteiger partial charge on any atom is 0.123 e. The predicted molar refractivity (Wildman–Crippen MR) is 82.7 cm³/mol. The van der Waals surface area contributed by atoms with Crippen molar-refractivity contribution in [2.24, 2.45) is 0 Å². The monoisotopic (exact) mass is 291 g/mol. The third-order valence-corrected chi connectivity index (χ3v) is 3.72. The molecule has 0 saturated heterocycles. The van der Waals surface area contributed by atoms with Crippen LogP contribution in [-0.4, -0.2) is 6.54 Å². The van der Waals surface area contributed by atoms with E-state index in [4.69, 9.17) is 11.6 Å². The smallest absolute Gasteiger partial charge is 0.123 e. The van der Waals surface area contributed by atoms with E-state index in [1.165, 1.54) is 6.07 Å². The summed E-state index contributed by atoms with van der Waals surface area (Å²) < 4.78 is 13.5. The fraction of sp³-hybridized carbons (Fsp3) is 0.294. The molecule has 2 rings (SSSR count). The number of halogens is 2. The predicted octanol–water partition coefficient (Wildman–Crippen LogP) is 4.88. The summed E-state index contributed by atoms with van der Waals surface area (Å²) in [5, 5.41) is 4.22. The second-order valence-corrected chi connectivity index (χ2v) is 5.36. The molecule has 1 nitrogen and oxygen atoms in total. The molecule has 1 unspecified atom stereocenters. The zero-order valence-electron chi connectivity index (χ0n) is 11.8. The molecule has 1 atom stereocenters. The van der Waals surface area contributed by atoms with Gasteiger partial charge in [0.25, 0.3) is 0 Å². The Balaban J connectivity index is 2.38. The molecular formula is C17H19ClFN. The summed E-state index contributed by atoms with van der Waals surface area (Å²) in [5.41, 5.74) is 3.06. The van der Waals surface area contributed by atoms with Gasteiger partial charge >= 0.3 is 0 Å². The summed E-state index contributed by atoms with van der Waals surface area (Å²) in [5.74, 6) is -0.212. The molecule has 0 amide bonds. The van der Waals surface area contributed by atoms with Gasteiger partial charge in [0.1, 0.15) is 5.82 Å². The van der Waals surface area contributed by atoms with Crippen LogP contribution in [0.25, 0.3) is 0 Å². The first kappa shape index (κ1) is 15.0. The van der Waals surface area contributed by atoms with E-state index in [-0.39, 0.29) is 11.9 Å². The highest BCUT2D eigenvalue weighted by molar-refractivity contribution is 6.31. The van der Waals surface area contributed by atoms with Crippen LogP contribution in [0.3, 0.4) is 0 Å². The zero-order valence-corrected chi connectivity index (χ0v) is 12.5. The maximum atomic E-state index is 13.5. The summed E-state index contributed by atoms with van der Waals surface area (Å²) in [6.45, 7) is 4.97. The van der Waals surface area contributed by atoms with E-state index >= 15 is 0 Å². The molecule has 0 aromatic heterocycles. The van der Waals surface area contributed by atoms with Gasteiger partial charge in [-0.05, 0) is 54.8 Å². The Morgan fingerprint density at radius 2 is 1.90 bits per heavy atom. The lowest BCUT2D eigenvalue weighted by atomic mass is 9.97. The second kappa shape index (κ2) is 6.87. The molecule has 0 saturated carbocycles. The van der Waals surface area contributed by atoms with Crippen molar-refractivity contribution in [2.75, 3.05) is 6.54 Å². The highest BCUT2D eigenvalue weighted by Crippen LogP contribution is 2.26. The number of nitrogens with one attached hydrogen (secondary N) is 1. The van der Waals surface area contributed by atoms with Crippen molar-refractivity contribution in [3.05, 3.63) is 70.0 Å². The lowest BCUT2D eigenvalue weighted by Crippen LogP contribution is -2.23. The van der Waals surface area contributed by atoms with Crippen molar-refractivity contribution in [2.45, 2.75) is 26.3 Å². The fourth-order valence-electron chi connectivity index (χ4n) is 2.25. The van der Waals surface area contributed by atoms with Crippen molar-refractivity contribution >= 4 is 11.6 Å². The summed E-state index contributed by atoms with van der Waals surface area (Å²) in [6.07, 6.45) is 1.03. The first-order valence-corrected chi connectivity index (χ1v) is 7.24. The van der Waals surface area contributed by atoms with Gasteiger partial charge in [0.15, 0.2) is 0 Å². The van der Waals surface area contributed by atoms with Gasteiger partial charge in [0.2, 0.25) is 0 Å². The van der Waals surface area contributed by atoms with Crippen LogP contribution < -0.4 is 5.32 Å². The lowest BCUT2D eigenvalue weighted by Gasteiger charge is -2.20. The Morgan fingerprint density at radius 3 is 2.55 bits per heavy atom. The second-order valence-electron chi connectivity index (χ2n) is 4.95. The molecule has 2 aromatic carbocycles. The number of hydrogen-bond acceptors (Lipinski definition) is 1. The van der Waals surface area contributed by atoms with Gasteiger partial charge in [-0.25, -0.2) is 4.39 Å². The first-order valence-electron chi connectivity index (χ1n) is 6.86. The van der Waals surface area contributed by atoms with Crippen molar-refractivity contribution in [3.8, 4) is 0 Å². The lowest BCUT2D eigenvalue weighted by molar-refractivity contribution is 0.585. The van der Waals surface area contributed by atoms with Crippen LogP contribution >= 0.6 is 11.6 Å². The average Bonchev–Trinajstić information content (AvgIpc) is 2.43. The number of rotatable bonds is 5. The summed E-state index contributed by atoms with van der Waals surface area (Å²) in [7, 11) is 0. The Labute approximate surface area is 124 Å². The Hall–Kier alpha value is -1.38. The highest BCUT2D eigenvalue weighted by atomic mass is 35.5. The number of aryl methyl sites for hydroxylation is 1. The van der Waals surface area contributed by atoms with Crippen LogP contribution in [0.1, 0.15) is 36.1 Å². The minimum Gasteiger partial charge on any atom is -0.306 e. The van der Waals surface area contributed by atoms with Crippen LogP contribution in [0.2, 0.25) is 5.02 Å². The van der Waals surface area contributed by atoms with Gasteiger partial charge in [0.05, 0.1) is 6.04 Å². The van der Waals surface area contributed by atoms with E-state index in [1.54, 1.807) is 12.1 Å². The average molecular weight is 292 g/mol. The number of hydrogen-bond donors (Lipinski definition) is 1. The zero-order chi connectivity index (χ0) is 14.5. The molecule has 0 radical (unpaired) electrons. The van der Waals surface area contributed by atoms with Crippen LogP contribution in [0.15, 0.2) is 42.5 Å². The molecule has 0 fully saturated rings. The van der Waals surface area contributed by atoms with Crippen LogP contribution in [0.5, 0.6) is 0 Å². The minimum atomic E-state index is -0.212. The topological polar surface area (TPSA) is 12.0 Å². The van der Waals surface area contributed by atoms with Crippen LogP contribution in [0, 0.1) is 12.7 Å². The molecule has 0 bridgehead atoms. The van der Waals surface area contributed by atoms with Crippen molar-refractivity contribution in [1.29, 1.82) is 0 Å². The van der Waals surface area contributed by atoms with Crippen molar-refractivity contribution in [1.82, 2.24) is 5.32 Å². The van der Waals surface area contributed by atoms with Gasteiger partial charge in [-0.15, -0.1) is 0 Å². The SMILES string of the molecule is CCCNC(c1cccc(F)c1)c1ccc(Cl)c(C)c1. The fourth-order valence-corrected chi connectivity index (χ4v) is 2.37. The van der Waals surface area contributed by atoms with Crippen LogP contribution in [-0.2, 0) is 0 Å². The van der Waals surface area contributed by atoms with Gasteiger partial charge in [-0.2, -0.15) is 0 Å². The van der Waals surface area contributed by atoms with Gasteiger partial charge in [0, 0.05) is 5.02 Å². The Kier molecular flexibility index (Phi) is 5.16. The Morgan fingerprint density at radius 1 is 1.15 bits per heavy atom. The van der Waals surface area contributed by atoms with Gasteiger partial charge in [-0.1, -0.05) is 42.8 Å². The van der Waals surface area contributed by atoms with Crippen molar-refractivity contribution in [3.63, 3.8) is 0 Å². The normalized spacial score (nSPS) is 12.4.